The molecule has 2 N–H and O–H groups in total. The molecule has 3 rings (SSSR count). The Bertz CT molecular complexity index is 916. The first-order valence-electron chi connectivity index (χ1n) is 9.21. The number of pyridine rings is 1. The van der Waals surface area contributed by atoms with Gasteiger partial charge in [0.05, 0.1) is 23.5 Å². The normalized spacial score (nSPS) is 15.5. The molecule has 0 aliphatic heterocycles. The van der Waals surface area contributed by atoms with Crippen LogP contribution in [-0.4, -0.2) is 58.7 Å². The van der Waals surface area contributed by atoms with Crippen LogP contribution in [0.3, 0.4) is 0 Å². The van der Waals surface area contributed by atoms with Crippen LogP contribution in [0.4, 0.5) is 5.82 Å². The SMILES string of the molecule is CCNc1ccc(/C(O)=C2\CCc3nc(CC(=O)CN(C)C)sc3C2=O)cn1. The highest BCUT2D eigenvalue weighted by molar-refractivity contribution is 7.14. The summed E-state index contributed by atoms with van der Waals surface area (Å²) in [6.45, 7) is 3.08. The van der Waals surface area contributed by atoms with Crippen molar-refractivity contribution in [1.29, 1.82) is 0 Å². The fourth-order valence-corrected chi connectivity index (χ4v) is 4.22. The number of rotatable bonds is 7. The fourth-order valence-electron chi connectivity index (χ4n) is 3.11. The molecule has 0 spiro atoms. The molecular weight excluding hydrogens is 376 g/mol. The maximum Gasteiger partial charge on any atom is 0.204 e. The van der Waals surface area contributed by atoms with Crippen molar-refractivity contribution < 1.29 is 14.7 Å². The van der Waals surface area contributed by atoms with Crippen LogP contribution in [0.25, 0.3) is 5.76 Å². The number of allylic oxidation sites excluding steroid dienone is 1. The highest BCUT2D eigenvalue weighted by Gasteiger charge is 2.29. The number of carbonyl (C=O) groups is 2. The molecule has 2 heterocycles. The molecule has 0 fully saturated rings. The van der Waals surface area contributed by atoms with Gasteiger partial charge in [-0.3, -0.25) is 9.59 Å². The third-order valence-corrected chi connectivity index (χ3v) is 5.45. The van der Waals surface area contributed by atoms with Crippen LogP contribution in [0, 0.1) is 0 Å². The van der Waals surface area contributed by atoms with Gasteiger partial charge in [-0.2, -0.15) is 0 Å². The molecule has 0 atom stereocenters. The van der Waals surface area contributed by atoms with E-state index in [1.165, 1.54) is 11.3 Å². The highest BCUT2D eigenvalue weighted by Crippen LogP contribution is 2.33. The van der Waals surface area contributed by atoms with Gasteiger partial charge in [-0.15, -0.1) is 11.3 Å². The predicted molar refractivity (Wildman–Crippen MR) is 110 cm³/mol. The molecule has 0 amide bonds. The van der Waals surface area contributed by atoms with Crippen molar-refractivity contribution in [2.45, 2.75) is 26.2 Å². The number of aliphatic hydroxyl groups is 1. The molecule has 1 aliphatic rings. The summed E-state index contributed by atoms with van der Waals surface area (Å²) in [4.78, 5) is 36.0. The van der Waals surface area contributed by atoms with E-state index in [1.807, 2.05) is 25.9 Å². The van der Waals surface area contributed by atoms with Crippen LogP contribution in [-0.2, 0) is 17.6 Å². The second-order valence-electron chi connectivity index (χ2n) is 6.96. The summed E-state index contributed by atoms with van der Waals surface area (Å²) in [5, 5.41) is 14.4. The van der Waals surface area contributed by atoms with Crippen molar-refractivity contribution >= 4 is 34.5 Å². The number of aryl methyl sites for hydroxylation is 1. The monoisotopic (exact) mass is 400 g/mol. The maximum atomic E-state index is 12.9. The molecule has 2 aromatic rings. The fraction of sp³-hybridized carbons (Fsp3) is 0.400. The summed E-state index contributed by atoms with van der Waals surface area (Å²) < 4.78 is 0. The Kier molecular flexibility index (Phi) is 6.21. The number of Topliss-reactive ketones (excluding diaryl/α,β-unsaturated/α-hetero) is 2. The summed E-state index contributed by atoms with van der Waals surface area (Å²) in [5.41, 5.74) is 1.61. The number of nitrogens with zero attached hydrogens (tertiary/aromatic N) is 3. The first-order valence-corrected chi connectivity index (χ1v) is 10.0. The van der Waals surface area contributed by atoms with Gasteiger partial charge in [0.2, 0.25) is 5.78 Å². The molecule has 0 unspecified atom stereocenters. The Labute approximate surface area is 168 Å². The van der Waals surface area contributed by atoms with E-state index in [1.54, 1.807) is 18.3 Å². The van der Waals surface area contributed by atoms with Crippen LogP contribution in [0.5, 0.6) is 0 Å². The number of hydrogen-bond acceptors (Lipinski definition) is 8. The zero-order chi connectivity index (χ0) is 20.3. The molecule has 0 aromatic carbocycles. The lowest BCUT2D eigenvalue weighted by molar-refractivity contribution is -0.119. The van der Waals surface area contributed by atoms with E-state index in [0.717, 1.165) is 18.1 Å². The average molecular weight is 401 g/mol. The third-order valence-electron chi connectivity index (χ3n) is 4.36. The number of likely N-dealkylation sites (N-methyl/N-ethyl adjacent to an activating group) is 1. The van der Waals surface area contributed by atoms with E-state index in [0.29, 0.717) is 40.4 Å². The lowest BCUT2D eigenvalue weighted by Gasteiger charge is -2.14. The number of aliphatic hydroxyl groups excluding tert-OH is 1. The van der Waals surface area contributed by atoms with E-state index in [2.05, 4.69) is 15.3 Å². The van der Waals surface area contributed by atoms with Crippen molar-refractivity contribution in [2.24, 2.45) is 0 Å². The minimum Gasteiger partial charge on any atom is -0.507 e. The highest BCUT2D eigenvalue weighted by atomic mass is 32.1. The largest absolute Gasteiger partial charge is 0.507 e. The molecule has 28 heavy (non-hydrogen) atoms. The number of thiazole rings is 1. The molecule has 1 aliphatic carbocycles. The van der Waals surface area contributed by atoms with Crippen molar-refractivity contribution in [3.63, 3.8) is 0 Å². The van der Waals surface area contributed by atoms with Gasteiger partial charge in [-0.25, -0.2) is 9.97 Å². The van der Waals surface area contributed by atoms with E-state index in [9.17, 15) is 14.7 Å². The second-order valence-corrected chi connectivity index (χ2v) is 8.04. The van der Waals surface area contributed by atoms with Gasteiger partial charge in [0, 0.05) is 23.9 Å². The maximum absolute atomic E-state index is 12.9. The number of hydrogen-bond donors (Lipinski definition) is 2. The lowest BCUT2D eigenvalue weighted by atomic mass is 9.93. The molecule has 8 heteroatoms. The van der Waals surface area contributed by atoms with Crippen molar-refractivity contribution in [3.05, 3.63) is 45.0 Å². The average Bonchev–Trinajstić information content (AvgIpc) is 3.05. The predicted octanol–water partition coefficient (Wildman–Crippen LogP) is 2.74. The Hall–Kier alpha value is -2.58. The molecule has 7 nitrogen and oxygen atoms in total. The lowest BCUT2D eigenvalue weighted by Crippen LogP contribution is -2.22. The first-order chi connectivity index (χ1) is 13.4. The standard InChI is InChI=1S/C20H24N4O3S/c1-4-21-16-8-5-12(10-22-16)18(26)14-6-7-15-20(19(14)27)28-17(23-15)9-13(25)11-24(2)3/h5,8,10,26H,4,6-7,9,11H2,1-3H3,(H,21,22)/b18-14-. The second kappa shape index (κ2) is 8.62. The minimum atomic E-state index is -0.210. The Balaban J connectivity index is 1.81. The van der Waals surface area contributed by atoms with E-state index >= 15 is 0 Å². The zero-order valence-electron chi connectivity index (χ0n) is 16.3. The molecule has 0 bridgehead atoms. The number of anilines is 1. The van der Waals surface area contributed by atoms with Crippen LogP contribution in [0.1, 0.15) is 39.3 Å². The third kappa shape index (κ3) is 4.45. The number of aromatic nitrogens is 2. The van der Waals surface area contributed by atoms with Gasteiger partial charge in [0.15, 0.2) is 5.78 Å². The van der Waals surface area contributed by atoms with Gasteiger partial charge < -0.3 is 15.3 Å². The van der Waals surface area contributed by atoms with Gasteiger partial charge in [-0.05, 0) is 46.0 Å². The van der Waals surface area contributed by atoms with E-state index in [4.69, 9.17) is 0 Å². The summed E-state index contributed by atoms with van der Waals surface area (Å²) >= 11 is 1.25. The summed E-state index contributed by atoms with van der Waals surface area (Å²) in [6.07, 6.45) is 2.77. The summed E-state index contributed by atoms with van der Waals surface area (Å²) in [5.74, 6) is 0.535. The molecule has 0 saturated heterocycles. The van der Waals surface area contributed by atoms with Gasteiger partial charge in [0.25, 0.3) is 0 Å². The van der Waals surface area contributed by atoms with Crippen molar-refractivity contribution in [3.8, 4) is 0 Å². The summed E-state index contributed by atoms with van der Waals surface area (Å²) in [6, 6.07) is 3.52. The van der Waals surface area contributed by atoms with Crippen molar-refractivity contribution in [2.75, 3.05) is 32.5 Å². The first kappa shape index (κ1) is 20.2. The van der Waals surface area contributed by atoms with Gasteiger partial charge >= 0.3 is 0 Å². The van der Waals surface area contributed by atoms with Crippen LogP contribution < -0.4 is 5.32 Å². The molecular formula is C20H24N4O3S. The molecule has 0 saturated carbocycles. The smallest absolute Gasteiger partial charge is 0.204 e. The van der Waals surface area contributed by atoms with Crippen LogP contribution >= 0.6 is 11.3 Å². The molecule has 2 aromatic heterocycles. The number of fused-ring (bicyclic) bond motifs is 1. The van der Waals surface area contributed by atoms with Gasteiger partial charge in [0.1, 0.15) is 16.6 Å². The van der Waals surface area contributed by atoms with Crippen molar-refractivity contribution in [1.82, 2.24) is 14.9 Å². The Morgan fingerprint density at radius 1 is 1.32 bits per heavy atom. The van der Waals surface area contributed by atoms with Gasteiger partial charge in [-0.1, -0.05) is 0 Å². The number of nitrogens with one attached hydrogen (secondary N) is 1. The quantitative estimate of drug-likeness (QED) is 0.545. The van der Waals surface area contributed by atoms with Crippen LogP contribution in [0.15, 0.2) is 23.9 Å². The van der Waals surface area contributed by atoms with Crippen LogP contribution in [0.2, 0.25) is 0 Å². The summed E-state index contributed by atoms with van der Waals surface area (Å²) in [7, 11) is 3.68. The zero-order valence-corrected chi connectivity index (χ0v) is 17.1. The topological polar surface area (TPSA) is 95.4 Å². The Morgan fingerprint density at radius 2 is 2.11 bits per heavy atom. The minimum absolute atomic E-state index is 0.0372. The Morgan fingerprint density at radius 3 is 2.75 bits per heavy atom. The molecule has 148 valence electrons. The molecule has 0 radical (unpaired) electrons. The number of ketones is 2. The number of carbonyl (C=O) groups excluding carboxylic acids is 2. The van der Waals surface area contributed by atoms with E-state index < -0.39 is 0 Å². The van der Waals surface area contributed by atoms with E-state index in [-0.39, 0.29) is 23.7 Å².